The Morgan fingerprint density at radius 2 is 1.94 bits per heavy atom. The Hall–Kier alpha value is -3.77. The van der Waals surface area contributed by atoms with Gasteiger partial charge in [-0.05, 0) is 45.4 Å². The zero-order valence-electron chi connectivity index (χ0n) is 20.0. The number of aromatic nitrogens is 1. The second-order valence-electron chi connectivity index (χ2n) is 9.23. The normalized spacial score (nSPS) is 21.6. The Labute approximate surface area is 206 Å². The average molecular weight is 508 g/mol. The SMILES string of the molecule is CC(C)NC(=O)c1ccnc(NC(=O)N2C3=C(C=CC(C(=O)N[C@H](C)C(F)(F)F)N3)N3CC[C@H]2C3)c1. The summed E-state index contributed by atoms with van der Waals surface area (Å²) >= 11 is 0. The van der Waals surface area contributed by atoms with Crippen molar-refractivity contribution in [2.75, 3.05) is 18.4 Å². The molecule has 0 radical (unpaired) electrons. The summed E-state index contributed by atoms with van der Waals surface area (Å²) in [5.74, 6) is -0.671. The lowest BCUT2D eigenvalue weighted by atomic mass is 10.1. The van der Waals surface area contributed by atoms with Crippen LogP contribution in [-0.4, -0.2) is 76.1 Å². The number of allylic oxidation sites excluding steroid dienone is 1. The fraction of sp³-hybridized carbons (Fsp3) is 0.478. The number of nitrogens with one attached hydrogen (secondary N) is 4. The van der Waals surface area contributed by atoms with Crippen LogP contribution in [0.1, 0.15) is 37.6 Å². The van der Waals surface area contributed by atoms with Gasteiger partial charge in [0.1, 0.15) is 23.7 Å². The summed E-state index contributed by atoms with van der Waals surface area (Å²) in [5, 5.41) is 10.4. The van der Waals surface area contributed by atoms with Crippen LogP contribution in [0.2, 0.25) is 0 Å². The van der Waals surface area contributed by atoms with Gasteiger partial charge in [0.25, 0.3) is 5.91 Å². The van der Waals surface area contributed by atoms with E-state index in [1.165, 1.54) is 29.3 Å². The van der Waals surface area contributed by atoms with Crippen LogP contribution in [0.15, 0.2) is 42.0 Å². The molecule has 13 heteroatoms. The molecule has 0 spiro atoms. The lowest BCUT2D eigenvalue weighted by Crippen LogP contribution is -2.57. The molecule has 3 aliphatic heterocycles. The van der Waals surface area contributed by atoms with Gasteiger partial charge in [-0.15, -0.1) is 0 Å². The lowest BCUT2D eigenvalue weighted by molar-refractivity contribution is -0.158. The highest BCUT2D eigenvalue weighted by atomic mass is 19.4. The van der Waals surface area contributed by atoms with Crippen molar-refractivity contribution in [1.29, 1.82) is 0 Å². The summed E-state index contributed by atoms with van der Waals surface area (Å²) in [6.07, 6.45) is 0.623. The Kier molecular flexibility index (Phi) is 6.83. The molecule has 0 saturated carbocycles. The maximum absolute atomic E-state index is 13.4. The van der Waals surface area contributed by atoms with E-state index >= 15 is 0 Å². The quantitative estimate of drug-likeness (QED) is 0.484. The number of hydrogen-bond donors (Lipinski definition) is 4. The predicted molar refractivity (Wildman–Crippen MR) is 124 cm³/mol. The van der Waals surface area contributed by atoms with Gasteiger partial charge in [0, 0.05) is 30.9 Å². The number of nitrogens with zero attached hydrogens (tertiary/aromatic N) is 3. The van der Waals surface area contributed by atoms with E-state index < -0.39 is 30.2 Å². The molecular weight excluding hydrogens is 479 g/mol. The number of carbonyl (C=O) groups is 3. The topological polar surface area (TPSA) is 119 Å². The molecule has 1 aromatic heterocycles. The van der Waals surface area contributed by atoms with Gasteiger partial charge in [-0.25, -0.2) is 9.78 Å². The number of alkyl halides is 3. The third kappa shape index (κ3) is 5.24. The number of pyridine rings is 1. The van der Waals surface area contributed by atoms with E-state index in [2.05, 4.69) is 25.8 Å². The number of fused-ring (bicyclic) bond motifs is 3. The van der Waals surface area contributed by atoms with Crippen LogP contribution in [0.4, 0.5) is 23.8 Å². The van der Waals surface area contributed by atoms with Crippen LogP contribution in [0.3, 0.4) is 0 Å². The van der Waals surface area contributed by atoms with Crippen LogP contribution in [0.25, 0.3) is 0 Å². The molecule has 3 atom stereocenters. The van der Waals surface area contributed by atoms with Gasteiger partial charge in [-0.1, -0.05) is 6.08 Å². The van der Waals surface area contributed by atoms with E-state index in [4.69, 9.17) is 0 Å². The smallest absolute Gasteiger partial charge is 0.366 e. The molecule has 4 N–H and O–H groups in total. The first kappa shape index (κ1) is 25.3. The third-order valence-electron chi connectivity index (χ3n) is 6.12. The standard InChI is InChI=1S/C23H28F3N7O3/c1-12(2)28-20(34)14-6-8-27-18(10-14)31-22(36)33-15-7-9-32(11-15)17-5-4-16(30-19(17)33)21(35)29-13(3)23(24,25)26/h4-6,8,10,12-13,15-16,30H,7,9,11H2,1-3H3,(H,28,34)(H,29,35)(H,27,31,36)/t13-,15+,16?/m1/s1. The summed E-state index contributed by atoms with van der Waals surface area (Å²) in [6.45, 7) is 5.79. The van der Waals surface area contributed by atoms with Crippen LogP contribution in [0, 0.1) is 0 Å². The van der Waals surface area contributed by atoms with Gasteiger partial charge < -0.3 is 20.9 Å². The van der Waals surface area contributed by atoms with Crippen molar-refractivity contribution in [3.63, 3.8) is 0 Å². The summed E-state index contributed by atoms with van der Waals surface area (Å²) in [7, 11) is 0. The van der Waals surface area contributed by atoms with Crippen molar-refractivity contribution < 1.29 is 27.6 Å². The van der Waals surface area contributed by atoms with Crippen molar-refractivity contribution in [3.05, 3.63) is 47.6 Å². The van der Waals surface area contributed by atoms with Crippen molar-refractivity contribution in [2.24, 2.45) is 0 Å². The molecule has 1 fully saturated rings. The van der Waals surface area contributed by atoms with E-state index in [1.54, 1.807) is 6.08 Å². The summed E-state index contributed by atoms with van der Waals surface area (Å²) < 4.78 is 38.7. The van der Waals surface area contributed by atoms with Gasteiger partial charge in [0.2, 0.25) is 5.91 Å². The van der Waals surface area contributed by atoms with Crippen LogP contribution in [-0.2, 0) is 4.79 Å². The van der Waals surface area contributed by atoms with E-state index in [1.807, 2.05) is 19.2 Å². The highest BCUT2D eigenvalue weighted by Crippen LogP contribution is 2.33. The van der Waals surface area contributed by atoms with E-state index in [0.29, 0.717) is 36.6 Å². The minimum Gasteiger partial charge on any atom is -0.366 e. The van der Waals surface area contributed by atoms with Gasteiger partial charge in [0.05, 0.1) is 11.7 Å². The summed E-state index contributed by atoms with van der Waals surface area (Å²) in [6, 6.07) is -0.943. The maximum atomic E-state index is 13.4. The number of urea groups is 1. The Bertz CT molecular complexity index is 1120. The second kappa shape index (κ2) is 9.70. The molecule has 0 aliphatic carbocycles. The number of carbonyl (C=O) groups excluding carboxylic acids is 3. The van der Waals surface area contributed by atoms with E-state index in [9.17, 15) is 27.6 Å². The van der Waals surface area contributed by atoms with Crippen molar-refractivity contribution in [1.82, 2.24) is 30.7 Å². The Morgan fingerprint density at radius 3 is 2.64 bits per heavy atom. The molecule has 2 bridgehead atoms. The first-order chi connectivity index (χ1) is 16.9. The molecular formula is C23H28F3N7O3. The largest absolute Gasteiger partial charge is 0.408 e. The Morgan fingerprint density at radius 1 is 1.19 bits per heavy atom. The first-order valence-electron chi connectivity index (χ1n) is 11.6. The molecule has 0 aromatic carbocycles. The predicted octanol–water partition coefficient (Wildman–Crippen LogP) is 1.91. The van der Waals surface area contributed by atoms with Gasteiger partial charge >= 0.3 is 12.2 Å². The molecule has 4 heterocycles. The van der Waals surface area contributed by atoms with Gasteiger partial charge in [0.15, 0.2) is 0 Å². The van der Waals surface area contributed by atoms with Crippen molar-refractivity contribution in [2.45, 2.75) is 57.5 Å². The molecule has 4 amide bonds. The molecule has 1 unspecified atom stereocenters. The monoisotopic (exact) mass is 507 g/mol. The van der Waals surface area contributed by atoms with E-state index in [0.717, 1.165) is 6.92 Å². The molecule has 1 saturated heterocycles. The second-order valence-corrected chi connectivity index (χ2v) is 9.23. The number of hydrogen-bond acceptors (Lipinski definition) is 6. The van der Waals surface area contributed by atoms with E-state index in [-0.39, 0.29) is 23.8 Å². The fourth-order valence-electron chi connectivity index (χ4n) is 4.30. The lowest BCUT2D eigenvalue weighted by Gasteiger charge is -2.41. The number of dihydropyridines is 1. The number of rotatable bonds is 5. The van der Waals surface area contributed by atoms with Crippen LogP contribution in [0.5, 0.6) is 0 Å². The summed E-state index contributed by atoms with van der Waals surface area (Å²) in [4.78, 5) is 45.9. The molecule has 194 valence electrons. The van der Waals surface area contributed by atoms with Crippen molar-refractivity contribution >= 4 is 23.7 Å². The molecule has 36 heavy (non-hydrogen) atoms. The average Bonchev–Trinajstić information content (AvgIpc) is 3.22. The molecule has 10 nitrogen and oxygen atoms in total. The number of amides is 4. The Balaban J connectivity index is 1.52. The summed E-state index contributed by atoms with van der Waals surface area (Å²) in [5.41, 5.74) is 0.999. The van der Waals surface area contributed by atoms with Crippen LogP contribution < -0.4 is 21.3 Å². The fourth-order valence-corrected chi connectivity index (χ4v) is 4.30. The number of halogens is 3. The van der Waals surface area contributed by atoms with Crippen molar-refractivity contribution in [3.8, 4) is 0 Å². The number of anilines is 1. The molecule has 3 aliphatic rings. The minimum absolute atomic E-state index is 0.0672. The minimum atomic E-state index is -4.58. The zero-order chi connectivity index (χ0) is 26.2. The third-order valence-corrected chi connectivity index (χ3v) is 6.12. The van der Waals surface area contributed by atoms with Gasteiger partial charge in [-0.2, -0.15) is 13.2 Å². The van der Waals surface area contributed by atoms with Crippen LogP contribution >= 0.6 is 0 Å². The molecule has 1 aromatic rings. The highest BCUT2D eigenvalue weighted by molar-refractivity contribution is 5.96. The maximum Gasteiger partial charge on any atom is 0.408 e. The zero-order valence-corrected chi connectivity index (χ0v) is 20.0. The first-order valence-corrected chi connectivity index (χ1v) is 11.6. The van der Waals surface area contributed by atoms with Gasteiger partial charge in [-0.3, -0.25) is 19.8 Å². The highest BCUT2D eigenvalue weighted by Gasteiger charge is 2.43. The molecule has 4 rings (SSSR count).